The molecule has 0 radical (unpaired) electrons. The van der Waals surface area contributed by atoms with Crippen molar-refractivity contribution in [2.45, 2.75) is 6.04 Å². The molecule has 2 aromatic carbocycles. The van der Waals surface area contributed by atoms with E-state index in [4.69, 9.17) is 5.73 Å². The Morgan fingerprint density at radius 3 is 2.19 bits per heavy atom. The van der Waals surface area contributed by atoms with Crippen LogP contribution in [0.15, 0.2) is 54.6 Å². The van der Waals surface area contributed by atoms with E-state index in [2.05, 4.69) is 5.32 Å². The molecule has 3 N–H and O–H groups in total. The Balaban J connectivity index is 1.62. The Bertz CT molecular complexity index is 776. The molecule has 1 fully saturated rings. The van der Waals surface area contributed by atoms with E-state index < -0.39 is 17.8 Å². The van der Waals surface area contributed by atoms with Crippen LogP contribution in [0.1, 0.15) is 11.6 Å². The standard InChI is InChI=1S/C19H21FN4O2/c20-15-8-4-5-9-16(15)22-19(26)24-12-10-23(11-13-24)17(18(21)25)14-6-2-1-3-7-14/h1-9,17H,10-13H2,(H2,21,25)(H,22,26). The van der Waals surface area contributed by atoms with Crippen LogP contribution in [0.4, 0.5) is 14.9 Å². The van der Waals surface area contributed by atoms with Crippen LogP contribution in [-0.4, -0.2) is 47.9 Å². The highest BCUT2D eigenvalue weighted by Crippen LogP contribution is 2.22. The number of rotatable bonds is 4. The van der Waals surface area contributed by atoms with Crippen molar-refractivity contribution in [2.24, 2.45) is 5.73 Å². The molecule has 136 valence electrons. The van der Waals surface area contributed by atoms with E-state index in [1.165, 1.54) is 12.1 Å². The number of para-hydroxylation sites is 1. The maximum Gasteiger partial charge on any atom is 0.322 e. The van der Waals surface area contributed by atoms with E-state index in [0.717, 1.165) is 5.56 Å². The molecule has 0 bridgehead atoms. The molecule has 1 unspecified atom stereocenters. The number of carbonyl (C=O) groups excluding carboxylic acids is 2. The zero-order chi connectivity index (χ0) is 18.5. The van der Waals surface area contributed by atoms with E-state index in [0.29, 0.717) is 26.2 Å². The summed E-state index contributed by atoms with van der Waals surface area (Å²) in [6, 6.07) is 14.5. The van der Waals surface area contributed by atoms with Gasteiger partial charge < -0.3 is 16.0 Å². The number of anilines is 1. The number of amides is 3. The first-order chi connectivity index (χ1) is 12.6. The SMILES string of the molecule is NC(=O)C(c1ccccc1)N1CCN(C(=O)Nc2ccccc2F)CC1. The first kappa shape index (κ1) is 17.9. The van der Waals surface area contributed by atoms with Gasteiger partial charge in [0.05, 0.1) is 5.69 Å². The van der Waals surface area contributed by atoms with Gasteiger partial charge in [0.15, 0.2) is 0 Å². The molecule has 7 heteroatoms. The van der Waals surface area contributed by atoms with E-state index in [1.54, 1.807) is 17.0 Å². The smallest absolute Gasteiger partial charge is 0.322 e. The van der Waals surface area contributed by atoms with Crippen LogP contribution in [0.3, 0.4) is 0 Å². The van der Waals surface area contributed by atoms with Crippen molar-refractivity contribution in [1.29, 1.82) is 0 Å². The maximum atomic E-state index is 13.7. The van der Waals surface area contributed by atoms with Crippen LogP contribution in [-0.2, 0) is 4.79 Å². The number of nitrogens with one attached hydrogen (secondary N) is 1. The van der Waals surface area contributed by atoms with Crippen LogP contribution in [0.5, 0.6) is 0 Å². The summed E-state index contributed by atoms with van der Waals surface area (Å²) in [6.07, 6.45) is 0. The van der Waals surface area contributed by atoms with E-state index in [1.807, 2.05) is 35.2 Å². The summed E-state index contributed by atoms with van der Waals surface area (Å²) in [6.45, 7) is 1.87. The summed E-state index contributed by atoms with van der Waals surface area (Å²) in [5.41, 5.74) is 6.59. The lowest BCUT2D eigenvalue weighted by Crippen LogP contribution is -2.52. The van der Waals surface area contributed by atoms with Gasteiger partial charge >= 0.3 is 6.03 Å². The fourth-order valence-electron chi connectivity index (χ4n) is 3.13. The number of carbonyl (C=O) groups is 2. The monoisotopic (exact) mass is 356 g/mol. The molecular formula is C19H21FN4O2. The molecule has 0 saturated carbocycles. The summed E-state index contributed by atoms with van der Waals surface area (Å²) in [7, 11) is 0. The van der Waals surface area contributed by atoms with Crippen molar-refractivity contribution >= 4 is 17.6 Å². The number of piperazine rings is 1. The Morgan fingerprint density at radius 2 is 1.58 bits per heavy atom. The molecular weight excluding hydrogens is 335 g/mol. The van der Waals surface area contributed by atoms with Gasteiger partial charge in [0.25, 0.3) is 0 Å². The van der Waals surface area contributed by atoms with Crippen LogP contribution in [0.25, 0.3) is 0 Å². The highest BCUT2D eigenvalue weighted by atomic mass is 19.1. The molecule has 3 rings (SSSR count). The molecule has 1 aliphatic heterocycles. The molecule has 26 heavy (non-hydrogen) atoms. The van der Waals surface area contributed by atoms with Crippen LogP contribution >= 0.6 is 0 Å². The highest BCUT2D eigenvalue weighted by Gasteiger charge is 2.30. The fraction of sp³-hybridized carbons (Fsp3) is 0.263. The molecule has 1 saturated heterocycles. The van der Waals surface area contributed by atoms with Crippen molar-refractivity contribution in [2.75, 3.05) is 31.5 Å². The molecule has 2 aromatic rings. The van der Waals surface area contributed by atoms with Gasteiger partial charge in [-0.15, -0.1) is 0 Å². The number of nitrogens with zero attached hydrogens (tertiary/aromatic N) is 2. The van der Waals surface area contributed by atoms with Crippen molar-refractivity contribution in [3.05, 3.63) is 66.0 Å². The van der Waals surface area contributed by atoms with Gasteiger partial charge in [-0.1, -0.05) is 42.5 Å². The van der Waals surface area contributed by atoms with Gasteiger partial charge in [-0.3, -0.25) is 9.69 Å². The molecule has 0 aliphatic carbocycles. The van der Waals surface area contributed by atoms with Crippen LogP contribution < -0.4 is 11.1 Å². The Hall–Kier alpha value is -2.93. The summed E-state index contributed by atoms with van der Waals surface area (Å²) in [5, 5.41) is 2.58. The van der Waals surface area contributed by atoms with Gasteiger partial charge in [-0.2, -0.15) is 0 Å². The Labute approximate surface area is 151 Å². The van der Waals surface area contributed by atoms with Crippen molar-refractivity contribution in [3.63, 3.8) is 0 Å². The minimum atomic E-state index is -0.520. The Morgan fingerprint density at radius 1 is 0.962 bits per heavy atom. The summed E-state index contributed by atoms with van der Waals surface area (Å²) < 4.78 is 13.7. The number of hydrogen-bond acceptors (Lipinski definition) is 3. The minimum Gasteiger partial charge on any atom is -0.368 e. The largest absolute Gasteiger partial charge is 0.368 e. The normalized spacial score (nSPS) is 16.1. The quantitative estimate of drug-likeness (QED) is 0.882. The third-order valence-corrected chi connectivity index (χ3v) is 4.47. The third-order valence-electron chi connectivity index (χ3n) is 4.47. The van der Waals surface area contributed by atoms with Gasteiger partial charge in [0.1, 0.15) is 11.9 Å². The molecule has 0 spiro atoms. The van der Waals surface area contributed by atoms with Crippen molar-refractivity contribution in [1.82, 2.24) is 9.80 Å². The highest BCUT2D eigenvalue weighted by molar-refractivity contribution is 5.89. The molecule has 1 aliphatic rings. The molecule has 1 atom stereocenters. The predicted octanol–water partition coefficient (Wildman–Crippen LogP) is 2.20. The van der Waals surface area contributed by atoms with E-state index >= 15 is 0 Å². The molecule has 6 nitrogen and oxygen atoms in total. The first-order valence-corrected chi connectivity index (χ1v) is 8.45. The topological polar surface area (TPSA) is 78.7 Å². The zero-order valence-electron chi connectivity index (χ0n) is 14.3. The van der Waals surface area contributed by atoms with Gasteiger partial charge in [0, 0.05) is 26.2 Å². The van der Waals surface area contributed by atoms with Gasteiger partial charge in [0.2, 0.25) is 5.91 Å². The fourth-order valence-corrected chi connectivity index (χ4v) is 3.13. The second kappa shape index (κ2) is 7.97. The van der Waals surface area contributed by atoms with Crippen molar-refractivity contribution in [3.8, 4) is 0 Å². The number of halogens is 1. The summed E-state index contributed by atoms with van der Waals surface area (Å²) in [5.74, 6) is -0.891. The lowest BCUT2D eigenvalue weighted by Gasteiger charge is -2.38. The second-order valence-corrected chi connectivity index (χ2v) is 6.15. The van der Waals surface area contributed by atoms with Gasteiger partial charge in [-0.05, 0) is 17.7 Å². The second-order valence-electron chi connectivity index (χ2n) is 6.15. The number of urea groups is 1. The zero-order valence-corrected chi connectivity index (χ0v) is 14.3. The average Bonchev–Trinajstić information content (AvgIpc) is 2.65. The van der Waals surface area contributed by atoms with Crippen LogP contribution in [0.2, 0.25) is 0 Å². The molecule has 1 heterocycles. The molecule has 3 amide bonds. The van der Waals surface area contributed by atoms with E-state index in [-0.39, 0.29) is 11.7 Å². The predicted molar refractivity (Wildman–Crippen MR) is 96.9 cm³/mol. The summed E-state index contributed by atoms with van der Waals surface area (Å²) >= 11 is 0. The Kier molecular flexibility index (Phi) is 5.48. The lowest BCUT2D eigenvalue weighted by atomic mass is 10.0. The first-order valence-electron chi connectivity index (χ1n) is 8.45. The maximum absolute atomic E-state index is 13.7. The van der Waals surface area contributed by atoms with Crippen molar-refractivity contribution < 1.29 is 14.0 Å². The van der Waals surface area contributed by atoms with Gasteiger partial charge in [-0.25, -0.2) is 9.18 Å². The number of benzene rings is 2. The lowest BCUT2D eigenvalue weighted by molar-refractivity contribution is -0.124. The van der Waals surface area contributed by atoms with Crippen LogP contribution in [0, 0.1) is 5.82 Å². The average molecular weight is 356 g/mol. The minimum absolute atomic E-state index is 0.152. The molecule has 0 aromatic heterocycles. The summed E-state index contributed by atoms with van der Waals surface area (Å²) in [4.78, 5) is 27.8. The van der Waals surface area contributed by atoms with E-state index in [9.17, 15) is 14.0 Å². The number of hydrogen-bond donors (Lipinski definition) is 2. The third kappa shape index (κ3) is 4.00. The number of nitrogens with two attached hydrogens (primary N) is 1. The number of primary amides is 1.